The van der Waals surface area contributed by atoms with Crippen molar-refractivity contribution in [2.75, 3.05) is 6.61 Å². The van der Waals surface area contributed by atoms with Crippen LogP contribution in [0.1, 0.15) is 31.8 Å². The van der Waals surface area contributed by atoms with Gasteiger partial charge in [-0.3, -0.25) is 4.79 Å². The first-order valence-electron chi connectivity index (χ1n) is 13.9. The molecule has 0 unspecified atom stereocenters. The minimum atomic E-state index is -0.620. The topological polar surface area (TPSA) is 113 Å². The number of nitrogens with zero attached hydrogens (tertiary/aromatic N) is 1. The normalized spacial score (nSPS) is 10.6. The third-order valence-electron chi connectivity index (χ3n) is 6.25. The Morgan fingerprint density at radius 2 is 1.13 bits per heavy atom. The average molecular weight is 601 g/mol. The first-order valence-corrected chi connectivity index (χ1v) is 13.9. The number of hydrogen-bond acceptors (Lipinski definition) is 8. The molecule has 0 aromatic heterocycles. The second kappa shape index (κ2) is 15.3. The zero-order valence-corrected chi connectivity index (χ0v) is 24.0. The fourth-order valence-corrected chi connectivity index (χ4v) is 3.97. The number of amides is 1. The Bertz CT molecular complexity index is 1760. The van der Waals surface area contributed by atoms with Gasteiger partial charge in [0.05, 0.1) is 17.3 Å². The number of carbonyl (C=O) groups excluding carboxylic acids is 3. The average Bonchev–Trinajstić information content (AvgIpc) is 3.09. The molecule has 9 heteroatoms. The van der Waals surface area contributed by atoms with Gasteiger partial charge in [0, 0.05) is 11.6 Å². The summed E-state index contributed by atoms with van der Waals surface area (Å²) in [4.78, 5) is 37.7. The van der Waals surface area contributed by atoms with Gasteiger partial charge < -0.3 is 18.9 Å². The Labute approximate surface area is 259 Å². The molecule has 0 aliphatic carbocycles. The number of ether oxygens (including phenoxy) is 4. The van der Waals surface area contributed by atoms with Crippen LogP contribution in [0.4, 0.5) is 0 Å². The van der Waals surface area contributed by atoms with Gasteiger partial charge >= 0.3 is 11.9 Å². The van der Waals surface area contributed by atoms with Gasteiger partial charge in [0.2, 0.25) is 0 Å². The number of nitrogens with one attached hydrogen (secondary N) is 1. The molecular weight excluding hydrogens is 572 g/mol. The first kappa shape index (κ1) is 30.2. The fourth-order valence-electron chi connectivity index (χ4n) is 3.97. The van der Waals surface area contributed by atoms with Gasteiger partial charge in [-0.05, 0) is 66.2 Å². The maximum absolute atomic E-state index is 12.8. The van der Waals surface area contributed by atoms with Gasteiger partial charge in [-0.15, -0.1) is 0 Å². The van der Waals surface area contributed by atoms with E-state index < -0.39 is 17.8 Å². The highest BCUT2D eigenvalue weighted by atomic mass is 16.5. The Morgan fingerprint density at radius 3 is 1.76 bits per heavy atom. The molecule has 0 aliphatic heterocycles. The molecule has 45 heavy (non-hydrogen) atoms. The molecule has 1 N–H and O–H groups in total. The summed E-state index contributed by atoms with van der Waals surface area (Å²) in [5.41, 5.74) is 4.49. The lowest BCUT2D eigenvalue weighted by Gasteiger charge is -2.11. The van der Waals surface area contributed by atoms with Crippen LogP contribution in [0.2, 0.25) is 0 Å². The van der Waals surface area contributed by atoms with Crippen molar-refractivity contribution in [2.24, 2.45) is 5.10 Å². The van der Waals surface area contributed by atoms with Crippen molar-refractivity contribution in [3.63, 3.8) is 0 Å². The number of hydrazone groups is 1. The summed E-state index contributed by atoms with van der Waals surface area (Å²) in [6.45, 7) is 0.155. The van der Waals surface area contributed by atoms with Gasteiger partial charge in [-0.2, -0.15) is 5.10 Å². The SMILES string of the molecule is O=C(COc1ccc(OCc2ccccc2)cc1)NN=Cc1ccc(OC(=O)c2ccccc2)cc1OC(=O)c1ccccc1. The van der Waals surface area contributed by atoms with Crippen molar-refractivity contribution in [1.82, 2.24) is 5.43 Å². The van der Waals surface area contributed by atoms with E-state index in [1.165, 1.54) is 18.3 Å². The zero-order valence-electron chi connectivity index (χ0n) is 24.0. The molecule has 224 valence electrons. The number of carbonyl (C=O) groups is 3. The highest BCUT2D eigenvalue weighted by Crippen LogP contribution is 2.26. The van der Waals surface area contributed by atoms with Crippen LogP contribution in [0.15, 0.2) is 139 Å². The zero-order chi connectivity index (χ0) is 31.3. The smallest absolute Gasteiger partial charge is 0.343 e. The highest BCUT2D eigenvalue weighted by molar-refractivity contribution is 5.94. The van der Waals surface area contributed by atoms with Gasteiger partial charge in [-0.1, -0.05) is 66.7 Å². The lowest BCUT2D eigenvalue weighted by atomic mass is 10.2. The molecule has 0 heterocycles. The minimum absolute atomic E-state index is 0.0750. The molecule has 1 amide bonds. The number of esters is 2. The van der Waals surface area contributed by atoms with Gasteiger partial charge in [-0.25, -0.2) is 15.0 Å². The summed E-state index contributed by atoms with van der Waals surface area (Å²) < 4.78 is 22.4. The van der Waals surface area contributed by atoms with Crippen molar-refractivity contribution in [3.05, 3.63) is 156 Å². The van der Waals surface area contributed by atoms with Crippen molar-refractivity contribution in [3.8, 4) is 23.0 Å². The second-order valence-corrected chi connectivity index (χ2v) is 9.54. The van der Waals surface area contributed by atoms with E-state index in [1.54, 1.807) is 91.0 Å². The lowest BCUT2D eigenvalue weighted by molar-refractivity contribution is -0.123. The molecule has 9 nitrogen and oxygen atoms in total. The molecule has 5 rings (SSSR count). The summed E-state index contributed by atoms with van der Waals surface area (Å²) in [6.07, 6.45) is 1.31. The highest BCUT2D eigenvalue weighted by Gasteiger charge is 2.15. The molecule has 0 radical (unpaired) electrons. The van der Waals surface area contributed by atoms with E-state index in [9.17, 15) is 14.4 Å². The van der Waals surface area contributed by atoms with Gasteiger partial charge in [0.15, 0.2) is 6.61 Å². The van der Waals surface area contributed by atoms with E-state index in [0.29, 0.717) is 34.8 Å². The monoisotopic (exact) mass is 600 g/mol. The first-order chi connectivity index (χ1) is 22.0. The van der Waals surface area contributed by atoms with E-state index in [2.05, 4.69) is 10.5 Å². The predicted molar refractivity (Wildman–Crippen MR) is 168 cm³/mol. The van der Waals surface area contributed by atoms with Crippen LogP contribution in [0.25, 0.3) is 0 Å². The number of rotatable bonds is 12. The summed E-state index contributed by atoms with van der Waals surface area (Å²) in [6, 6.07) is 38.1. The summed E-state index contributed by atoms with van der Waals surface area (Å²) in [5.74, 6) is -0.310. The predicted octanol–water partition coefficient (Wildman–Crippen LogP) is 6.23. The Balaban J connectivity index is 1.18. The molecule has 0 aliphatic rings. The molecular formula is C36H28N2O7. The van der Waals surface area contributed by atoms with E-state index >= 15 is 0 Å². The van der Waals surface area contributed by atoms with E-state index in [1.807, 2.05) is 30.3 Å². The third-order valence-corrected chi connectivity index (χ3v) is 6.25. The van der Waals surface area contributed by atoms with Crippen molar-refractivity contribution < 1.29 is 33.3 Å². The van der Waals surface area contributed by atoms with Gasteiger partial charge in [0.1, 0.15) is 29.6 Å². The number of benzene rings is 5. The fraction of sp³-hybridized carbons (Fsp3) is 0.0556. The molecule has 0 bridgehead atoms. The summed E-state index contributed by atoms with van der Waals surface area (Å²) in [5, 5.41) is 3.98. The standard InChI is InChI=1S/C36H28N2O7/c39-34(25-43-31-20-18-30(19-21-31)42-24-26-10-4-1-5-11-26)38-37-23-29-16-17-32(44-35(40)27-12-6-2-7-13-27)22-33(29)45-36(41)28-14-8-3-9-15-28/h1-23H,24-25H2,(H,38,39). The van der Waals surface area contributed by atoms with Crippen LogP contribution in [-0.2, 0) is 11.4 Å². The number of hydrogen-bond donors (Lipinski definition) is 1. The molecule has 0 fully saturated rings. The van der Waals surface area contributed by atoms with E-state index in [0.717, 1.165) is 5.56 Å². The third kappa shape index (κ3) is 9.13. The lowest BCUT2D eigenvalue weighted by Crippen LogP contribution is -2.24. The Hall–Kier alpha value is -6.22. The Morgan fingerprint density at radius 1 is 0.600 bits per heavy atom. The van der Waals surface area contributed by atoms with E-state index in [4.69, 9.17) is 18.9 Å². The molecule has 5 aromatic rings. The van der Waals surface area contributed by atoms with Crippen LogP contribution in [0.5, 0.6) is 23.0 Å². The molecule has 5 aromatic carbocycles. The van der Waals surface area contributed by atoms with Gasteiger partial charge in [0.25, 0.3) is 5.91 Å². The minimum Gasteiger partial charge on any atom is -0.489 e. The maximum atomic E-state index is 12.8. The maximum Gasteiger partial charge on any atom is 0.343 e. The molecule has 0 saturated heterocycles. The van der Waals surface area contributed by atoms with Crippen LogP contribution >= 0.6 is 0 Å². The summed E-state index contributed by atoms with van der Waals surface area (Å²) in [7, 11) is 0. The Kier molecular flexibility index (Phi) is 10.3. The van der Waals surface area contributed by atoms with Crippen LogP contribution in [0, 0.1) is 0 Å². The van der Waals surface area contributed by atoms with Crippen LogP contribution in [-0.4, -0.2) is 30.7 Å². The second-order valence-electron chi connectivity index (χ2n) is 9.54. The van der Waals surface area contributed by atoms with Crippen LogP contribution in [0.3, 0.4) is 0 Å². The van der Waals surface area contributed by atoms with Crippen molar-refractivity contribution >= 4 is 24.1 Å². The molecule has 0 spiro atoms. The quantitative estimate of drug-likeness (QED) is 0.0782. The van der Waals surface area contributed by atoms with Crippen LogP contribution < -0.4 is 24.4 Å². The van der Waals surface area contributed by atoms with E-state index in [-0.39, 0.29) is 18.1 Å². The molecule has 0 atom stereocenters. The van der Waals surface area contributed by atoms with Crippen molar-refractivity contribution in [2.45, 2.75) is 6.61 Å². The van der Waals surface area contributed by atoms with Crippen molar-refractivity contribution in [1.29, 1.82) is 0 Å². The largest absolute Gasteiger partial charge is 0.489 e. The summed E-state index contributed by atoms with van der Waals surface area (Å²) >= 11 is 0. The molecule has 0 saturated carbocycles.